The van der Waals surface area contributed by atoms with E-state index in [1.807, 2.05) is 32.6 Å². The quantitative estimate of drug-likeness (QED) is 0.517. The first kappa shape index (κ1) is 17.7. The van der Waals surface area contributed by atoms with Crippen molar-refractivity contribution in [2.45, 2.75) is 25.2 Å². The summed E-state index contributed by atoms with van der Waals surface area (Å²) in [7, 11) is 3.63. The minimum absolute atomic E-state index is 0.138. The summed E-state index contributed by atoms with van der Waals surface area (Å²) < 4.78 is 31.8. The molecule has 0 spiro atoms. The average Bonchev–Trinajstić information content (AvgIpc) is 3.08. The summed E-state index contributed by atoms with van der Waals surface area (Å²) in [5.41, 5.74) is 3.27. The average molecular weight is 396 g/mol. The van der Waals surface area contributed by atoms with Gasteiger partial charge >= 0.3 is 0 Å². The van der Waals surface area contributed by atoms with Gasteiger partial charge in [0.1, 0.15) is 5.69 Å². The maximum Gasteiger partial charge on any atom is 0.280 e. The maximum atomic E-state index is 13.5. The Morgan fingerprint density at radius 1 is 0.966 bits per heavy atom. The second-order valence-electron chi connectivity index (χ2n) is 7.22. The second kappa shape index (κ2) is 6.57. The predicted octanol–water partition coefficient (Wildman–Crippen LogP) is 3.28. The van der Waals surface area contributed by atoms with E-state index < -0.39 is 6.43 Å². The molecule has 0 unspecified atom stereocenters. The lowest BCUT2D eigenvalue weighted by Crippen LogP contribution is -2.09. The molecule has 0 aromatic carbocycles. The van der Waals surface area contributed by atoms with Gasteiger partial charge < -0.3 is 0 Å². The highest BCUT2D eigenvalue weighted by Crippen LogP contribution is 2.40. The third-order valence-electron chi connectivity index (χ3n) is 4.87. The van der Waals surface area contributed by atoms with Gasteiger partial charge in [0.2, 0.25) is 0 Å². The van der Waals surface area contributed by atoms with Gasteiger partial charge in [0.25, 0.3) is 12.4 Å². The summed E-state index contributed by atoms with van der Waals surface area (Å²) in [5, 5.41) is 13.0. The molecule has 0 bridgehead atoms. The monoisotopic (exact) mass is 396 g/mol. The van der Waals surface area contributed by atoms with Crippen LogP contribution in [0.1, 0.15) is 36.6 Å². The van der Waals surface area contributed by atoms with Gasteiger partial charge in [-0.25, -0.2) is 18.7 Å². The standard InChI is InChI=1S/C19H18F2N8/c1-27-9-12(7-22-27)15-6-17(13-8-23-28(2)10-13)29(26-15)19-24-14(11-3-4-11)5-16(25-19)18(20)21/h5-11,18H,3-4H2,1-2H3. The zero-order chi connectivity index (χ0) is 20.1. The SMILES string of the molecule is Cn1cc(-c2cc(-c3cnn(C)c3)n(-c3nc(C(F)F)cc(C4CC4)n3)n2)cn1. The van der Waals surface area contributed by atoms with Crippen LogP contribution in [-0.2, 0) is 14.1 Å². The van der Waals surface area contributed by atoms with Gasteiger partial charge in [-0.3, -0.25) is 9.36 Å². The molecule has 0 amide bonds. The fourth-order valence-electron chi connectivity index (χ4n) is 3.25. The molecule has 1 fully saturated rings. The highest BCUT2D eigenvalue weighted by molar-refractivity contribution is 5.68. The van der Waals surface area contributed by atoms with E-state index in [9.17, 15) is 8.78 Å². The van der Waals surface area contributed by atoms with Gasteiger partial charge in [0.05, 0.1) is 23.8 Å². The normalized spacial score (nSPS) is 14.1. The Bertz CT molecular complexity index is 1160. The van der Waals surface area contributed by atoms with Gasteiger partial charge in [-0.05, 0) is 25.0 Å². The van der Waals surface area contributed by atoms with Crippen LogP contribution in [0.5, 0.6) is 0 Å². The molecule has 0 N–H and O–H groups in total. The number of hydrogen-bond acceptors (Lipinski definition) is 5. The van der Waals surface area contributed by atoms with Crippen molar-refractivity contribution in [1.29, 1.82) is 0 Å². The van der Waals surface area contributed by atoms with Crippen molar-refractivity contribution in [3.05, 3.63) is 48.3 Å². The van der Waals surface area contributed by atoms with Crippen molar-refractivity contribution in [3.8, 4) is 28.5 Å². The van der Waals surface area contributed by atoms with Gasteiger partial charge in [0, 0.05) is 49.2 Å². The Kier molecular flexibility index (Phi) is 4.00. The molecule has 5 rings (SSSR count). The first-order valence-electron chi connectivity index (χ1n) is 9.23. The number of hydrogen-bond donors (Lipinski definition) is 0. The lowest BCUT2D eigenvalue weighted by Gasteiger charge is -2.09. The van der Waals surface area contributed by atoms with Crippen molar-refractivity contribution >= 4 is 0 Å². The van der Waals surface area contributed by atoms with E-state index in [0.29, 0.717) is 17.1 Å². The fourth-order valence-corrected chi connectivity index (χ4v) is 3.25. The van der Waals surface area contributed by atoms with Gasteiger partial charge in [-0.1, -0.05) is 0 Å². The summed E-state index contributed by atoms with van der Waals surface area (Å²) in [5.74, 6) is 0.350. The number of alkyl halides is 2. The lowest BCUT2D eigenvalue weighted by atomic mass is 10.2. The van der Waals surface area contributed by atoms with Crippen LogP contribution in [0.3, 0.4) is 0 Å². The van der Waals surface area contributed by atoms with Crippen molar-refractivity contribution in [3.63, 3.8) is 0 Å². The number of halogens is 2. The van der Waals surface area contributed by atoms with Gasteiger partial charge in [-0.15, -0.1) is 0 Å². The van der Waals surface area contributed by atoms with E-state index in [1.165, 1.54) is 10.7 Å². The molecule has 0 radical (unpaired) electrons. The molecule has 1 saturated carbocycles. The number of aryl methyl sites for hydroxylation is 2. The Morgan fingerprint density at radius 3 is 2.24 bits per heavy atom. The van der Waals surface area contributed by atoms with Crippen molar-refractivity contribution in [2.24, 2.45) is 14.1 Å². The van der Waals surface area contributed by atoms with Crippen molar-refractivity contribution < 1.29 is 8.78 Å². The van der Waals surface area contributed by atoms with Gasteiger partial charge in [-0.2, -0.15) is 20.0 Å². The van der Waals surface area contributed by atoms with E-state index in [4.69, 9.17) is 0 Å². The van der Waals surface area contributed by atoms with E-state index >= 15 is 0 Å². The molecule has 10 heteroatoms. The Morgan fingerprint density at radius 2 is 1.66 bits per heavy atom. The van der Waals surface area contributed by atoms with Crippen LogP contribution >= 0.6 is 0 Å². The summed E-state index contributed by atoms with van der Waals surface area (Å²) in [4.78, 5) is 8.67. The van der Waals surface area contributed by atoms with Crippen LogP contribution in [-0.4, -0.2) is 39.3 Å². The third-order valence-corrected chi connectivity index (χ3v) is 4.87. The van der Waals surface area contributed by atoms with Gasteiger partial charge in [0.15, 0.2) is 0 Å². The molecule has 29 heavy (non-hydrogen) atoms. The largest absolute Gasteiger partial charge is 0.280 e. The van der Waals surface area contributed by atoms with E-state index in [0.717, 1.165) is 24.0 Å². The van der Waals surface area contributed by atoms with E-state index in [2.05, 4.69) is 25.3 Å². The molecule has 0 aliphatic heterocycles. The molecule has 148 valence electrons. The number of rotatable bonds is 5. The first-order valence-corrected chi connectivity index (χ1v) is 9.23. The summed E-state index contributed by atoms with van der Waals surface area (Å²) in [6, 6.07) is 3.27. The number of aromatic nitrogens is 8. The molecule has 1 aliphatic carbocycles. The smallest absolute Gasteiger partial charge is 0.275 e. The Hall–Kier alpha value is -3.43. The van der Waals surface area contributed by atoms with E-state index in [1.54, 1.807) is 21.8 Å². The summed E-state index contributed by atoms with van der Waals surface area (Å²) in [6.07, 6.45) is 6.30. The highest BCUT2D eigenvalue weighted by Gasteiger charge is 2.28. The first-order chi connectivity index (χ1) is 14.0. The number of nitrogens with zero attached hydrogens (tertiary/aromatic N) is 8. The second-order valence-corrected chi connectivity index (χ2v) is 7.22. The molecule has 0 atom stereocenters. The molecule has 8 nitrogen and oxygen atoms in total. The molecule has 4 aromatic heterocycles. The molecule has 4 aromatic rings. The van der Waals surface area contributed by atoms with E-state index in [-0.39, 0.29) is 17.6 Å². The van der Waals surface area contributed by atoms with Crippen LogP contribution in [0.15, 0.2) is 36.9 Å². The van der Waals surface area contributed by atoms with Crippen LogP contribution in [0.4, 0.5) is 8.78 Å². The third kappa shape index (κ3) is 3.30. The van der Waals surface area contributed by atoms with Crippen LogP contribution < -0.4 is 0 Å². The zero-order valence-corrected chi connectivity index (χ0v) is 15.9. The van der Waals surface area contributed by atoms with Crippen molar-refractivity contribution in [2.75, 3.05) is 0 Å². The van der Waals surface area contributed by atoms with Crippen molar-refractivity contribution in [1.82, 2.24) is 39.3 Å². The zero-order valence-electron chi connectivity index (χ0n) is 15.9. The maximum absolute atomic E-state index is 13.5. The molecule has 0 saturated heterocycles. The Labute approximate surface area is 164 Å². The highest BCUT2D eigenvalue weighted by atomic mass is 19.3. The van der Waals surface area contributed by atoms with Crippen LogP contribution in [0.2, 0.25) is 0 Å². The fraction of sp³-hybridized carbons (Fsp3) is 0.316. The predicted molar refractivity (Wildman–Crippen MR) is 100 cm³/mol. The molecule has 4 heterocycles. The molecule has 1 aliphatic rings. The summed E-state index contributed by atoms with van der Waals surface area (Å²) in [6.45, 7) is 0. The lowest BCUT2D eigenvalue weighted by molar-refractivity contribution is 0.145. The topological polar surface area (TPSA) is 79.2 Å². The minimum Gasteiger partial charge on any atom is -0.275 e. The van der Waals surface area contributed by atoms with Crippen LogP contribution in [0, 0.1) is 0 Å². The minimum atomic E-state index is -2.68. The Balaban J connectivity index is 1.70. The van der Waals surface area contributed by atoms with Crippen LogP contribution in [0.25, 0.3) is 28.5 Å². The molecular formula is C19H18F2N8. The summed E-state index contributed by atoms with van der Waals surface area (Å²) >= 11 is 0. The molecular weight excluding hydrogens is 378 g/mol.